The number of carbonyl (C=O) groups excluding carboxylic acids is 1. The van der Waals surface area contributed by atoms with Gasteiger partial charge in [0.1, 0.15) is 0 Å². The lowest BCUT2D eigenvalue weighted by Gasteiger charge is -2.24. The second-order valence-corrected chi connectivity index (χ2v) is 6.86. The summed E-state index contributed by atoms with van der Waals surface area (Å²) in [5.41, 5.74) is 0. The molecule has 0 saturated carbocycles. The standard InChI is InChI=1S/C18H39N3O/c1-6-7-8-9-10-13-18(22)21(16-11-14-19(2)3)17-12-15-20(4)5/h6-17H2,1-5H3. The van der Waals surface area contributed by atoms with Crippen molar-refractivity contribution in [1.82, 2.24) is 14.7 Å². The minimum Gasteiger partial charge on any atom is -0.343 e. The van der Waals surface area contributed by atoms with Crippen LogP contribution in [0.1, 0.15) is 58.3 Å². The Labute approximate surface area is 138 Å². The molecule has 132 valence electrons. The molecule has 0 aromatic rings. The number of carbonyl (C=O) groups is 1. The zero-order valence-electron chi connectivity index (χ0n) is 15.7. The molecule has 1 amide bonds. The van der Waals surface area contributed by atoms with E-state index in [0.717, 1.165) is 51.9 Å². The lowest BCUT2D eigenvalue weighted by molar-refractivity contribution is -0.131. The topological polar surface area (TPSA) is 26.8 Å². The Kier molecular flexibility index (Phi) is 13.6. The molecule has 0 fully saturated rings. The van der Waals surface area contributed by atoms with Crippen molar-refractivity contribution in [3.05, 3.63) is 0 Å². The van der Waals surface area contributed by atoms with Crippen LogP contribution in [0.4, 0.5) is 0 Å². The summed E-state index contributed by atoms with van der Waals surface area (Å²) in [5, 5.41) is 0. The summed E-state index contributed by atoms with van der Waals surface area (Å²) in [7, 11) is 8.36. The molecule has 0 N–H and O–H groups in total. The van der Waals surface area contributed by atoms with E-state index in [9.17, 15) is 4.79 Å². The number of hydrogen-bond donors (Lipinski definition) is 0. The van der Waals surface area contributed by atoms with Crippen molar-refractivity contribution in [3.63, 3.8) is 0 Å². The molecule has 0 rings (SSSR count). The van der Waals surface area contributed by atoms with Crippen molar-refractivity contribution < 1.29 is 4.79 Å². The average molecular weight is 314 g/mol. The first-order chi connectivity index (χ1) is 10.5. The number of nitrogens with zero attached hydrogens (tertiary/aromatic N) is 3. The second kappa shape index (κ2) is 14.0. The Bertz CT molecular complexity index is 253. The molecule has 0 atom stereocenters. The van der Waals surface area contributed by atoms with Gasteiger partial charge in [-0.3, -0.25) is 4.79 Å². The molecule has 0 aromatic heterocycles. The molecule has 0 aromatic carbocycles. The van der Waals surface area contributed by atoms with Gasteiger partial charge in [0.25, 0.3) is 0 Å². The maximum Gasteiger partial charge on any atom is 0.222 e. The molecular weight excluding hydrogens is 274 g/mol. The zero-order chi connectivity index (χ0) is 16.8. The van der Waals surface area contributed by atoms with Crippen LogP contribution in [0.2, 0.25) is 0 Å². The fraction of sp³-hybridized carbons (Fsp3) is 0.944. The lowest BCUT2D eigenvalue weighted by Crippen LogP contribution is -2.35. The summed E-state index contributed by atoms with van der Waals surface area (Å²) in [4.78, 5) is 18.9. The molecule has 4 nitrogen and oxygen atoms in total. The van der Waals surface area contributed by atoms with E-state index in [2.05, 4.69) is 49.8 Å². The maximum atomic E-state index is 12.4. The van der Waals surface area contributed by atoms with Crippen LogP contribution in [-0.2, 0) is 4.79 Å². The first kappa shape index (κ1) is 21.4. The molecule has 0 aliphatic rings. The third kappa shape index (κ3) is 13.1. The van der Waals surface area contributed by atoms with Crippen LogP contribution in [0.15, 0.2) is 0 Å². The first-order valence-corrected chi connectivity index (χ1v) is 9.04. The van der Waals surface area contributed by atoms with Crippen LogP contribution in [-0.4, -0.2) is 75.0 Å². The van der Waals surface area contributed by atoms with Gasteiger partial charge in [-0.25, -0.2) is 0 Å². The Morgan fingerprint density at radius 1 is 0.682 bits per heavy atom. The molecule has 0 aliphatic carbocycles. The summed E-state index contributed by atoms with van der Waals surface area (Å²) >= 11 is 0. The molecule has 0 saturated heterocycles. The van der Waals surface area contributed by atoms with E-state index in [1.54, 1.807) is 0 Å². The van der Waals surface area contributed by atoms with E-state index in [1.165, 1.54) is 25.7 Å². The maximum absolute atomic E-state index is 12.4. The number of amides is 1. The van der Waals surface area contributed by atoms with Crippen LogP contribution < -0.4 is 0 Å². The van der Waals surface area contributed by atoms with E-state index in [-0.39, 0.29) is 0 Å². The quantitative estimate of drug-likeness (QED) is 0.461. The predicted octanol–water partition coefficient (Wildman–Crippen LogP) is 3.08. The van der Waals surface area contributed by atoms with Gasteiger partial charge in [0.05, 0.1) is 0 Å². The fourth-order valence-electron chi connectivity index (χ4n) is 2.55. The van der Waals surface area contributed by atoms with Crippen molar-refractivity contribution in [2.75, 3.05) is 54.4 Å². The van der Waals surface area contributed by atoms with Crippen LogP contribution in [0.5, 0.6) is 0 Å². The lowest BCUT2D eigenvalue weighted by atomic mass is 10.1. The van der Waals surface area contributed by atoms with Gasteiger partial charge >= 0.3 is 0 Å². The predicted molar refractivity (Wildman–Crippen MR) is 96.3 cm³/mol. The molecule has 0 radical (unpaired) electrons. The SMILES string of the molecule is CCCCCCCC(=O)N(CCCN(C)C)CCCN(C)C. The average Bonchev–Trinajstić information content (AvgIpc) is 2.44. The fourth-order valence-corrected chi connectivity index (χ4v) is 2.55. The van der Waals surface area contributed by atoms with E-state index in [4.69, 9.17) is 0 Å². The number of unbranched alkanes of at least 4 members (excludes halogenated alkanes) is 4. The number of hydrogen-bond acceptors (Lipinski definition) is 3. The van der Waals surface area contributed by atoms with E-state index >= 15 is 0 Å². The Hall–Kier alpha value is -0.610. The van der Waals surface area contributed by atoms with Crippen molar-refractivity contribution in [2.24, 2.45) is 0 Å². The molecule has 0 bridgehead atoms. The summed E-state index contributed by atoms with van der Waals surface area (Å²) in [6.07, 6.45) is 8.93. The third-order valence-electron chi connectivity index (χ3n) is 3.91. The van der Waals surface area contributed by atoms with Crippen LogP contribution in [0.25, 0.3) is 0 Å². The van der Waals surface area contributed by atoms with Gasteiger partial charge in [-0.15, -0.1) is 0 Å². The van der Waals surface area contributed by atoms with Crippen LogP contribution >= 0.6 is 0 Å². The Morgan fingerprint density at radius 2 is 1.18 bits per heavy atom. The normalized spacial score (nSPS) is 11.4. The molecular formula is C18H39N3O. The van der Waals surface area contributed by atoms with Crippen molar-refractivity contribution in [3.8, 4) is 0 Å². The van der Waals surface area contributed by atoms with Gasteiger partial charge in [-0.2, -0.15) is 0 Å². The smallest absolute Gasteiger partial charge is 0.222 e. The second-order valence-electron chi connectivity index (χ2n) is 6.86. The highest BCUT2D eigenvalue weighted by Crippen LogP contribution is 2.08. The monoisotopic (exact) mass is 313 g/mol. The van der Waals surface area contributed by atoms with Gasteiger partial charge in [-0.1, -0.05) is 32.6 Å². The highest BCUT2D eigenvalue weighted by atomic mass is 16.2. The van der Waals surface area contributed by atoms with E-state index in [0.29, 0.717) is 5.91 Å². The molecule has 0 unspecified atom stereocenters. The van der Waals surface area contributed by atoms with E-state index < -0.39 is 0 Å². The molecule has 0 spiro atoms. The highest BCUT2D eigenvalue weighted by molar-refractivity contribution is 5.76. The van der Waals surface area contributed by atoms with Gasteiger partial charge in [0.2, 0.25) is 5.91 Å². The molecule has 4 heteroatoms. The van der Waals surface area contributed by atoms with Gasteiger partial charge < -0.3 is 14.7 Å². The minimum absolute atomic E-state index is 0.356. The Balaban J connectivity index is 4.08. The Morgan fingerprint density at radius 3 is 1.64 bits per heavy atom. The molecule has 0 heterocycles. The van der Waals surface area contributed by atoms with Gasteiger partial charge in [-0.05, 0) is 60.5 Å². The van der Waals surface area contributed by atoms with Crippen molar-refractivity contribution in [1.29, 1.82) is 0 Å². The summed E-state index contributed by atoms with van der Waals surface area (Å²) in [6.45, 7) is 6.13. The number of rotatable bonds is 14. The first-order valence-electron chi connectivity index (χ1n) is 9.04. The van der Waals surface area contributed by atoms with Gasteiger partial charge in [0.15, 0.2) is 0 Å². The zero-order valence-corrected chi connectivity index (χ0v) is 15.7. The van der Waals surface area contributed by atoms with Gasteiger partial charge in [0, 0.05) is 19.5 Å². The summed E-state index contributed by atoms with van der Waals surface area (Å²) in [5.74, 6) is 0.356. The van der Waals surface area contributed by atoms with Crippen LogP contribution in [0.3, 0.4) is 0 Å². The molecule has 0 aliphatic heterocycles. The summed E-state index contributed by atoms with van der Waals surface area (Å²) < 4.78 is 0. The van der Waals surface area contributed by atoms with E-state index in [1.807, 2.05) is 0 Å². The summed E-state index contributed by atoms with van der Waals surface area (Å²) in [6, 6.07) is 0. The van der Waals surface area contributed by atoms with Crippen LogP contribution in [0, 0.1) is 0 Å². The van der Waals surface area contributed by atoms with Crippen molar-refractivity contribution in [2.45, 2.75) is 58.3 Å². The largest absolute Gasteiger partial charge is 0.343 e. The highest BCUT2D eigenvalue weighted by Gasteiger charge is 2.12. The van der Waals surface area contributed by atoms with Crippen molar-refractivity contribution >= 4 is 5.91 Å². The minimum atomic E-state index is 0.356. The third-order valence-corrected chi connectivity index (χ3v) is 3.91. The molecule has 22 heavy (non-hydrogen) atoms.